The van der Waals surface area contributed by atoms with Gasteiger partial charge in [-0.2, -0.15) is 0 Å². The first-order valence-electron chi connectivity index (χ1n) is 26.0. The van der Waals surface area contributed by atoms with Crippen molar-refractivity contribution in [3.63, 3.8) is 0 Å². The van der Waals surface area contributed by atoms with Crippen LogP contribution in [-0.4, -0.2) is 149 Å². The Hall–Kier alpha value is -9.06. The number of unbranched alkanes of at least 4 members (excludes halogenated alkanes) is 1. The molecular weight excluding hydrogens is 1020 g/mol. The van der Waals surface area contributed by atoms with E-state index in [1.54, 1.807) is 12.1 Å². The van der Waals surface area contributed by atoms with Crippen molar-refractivity contribution in [2.45, 2.75) is 51.5 Å². The third-order valence-electron chi connectivity index (χ3n) is 14.2. The predicted molar refractivity (Wildman–Crippen MR) is 288 cm³/mol. The van der Waals surface area contributed by atoms with Gasteiger partial charge in [0, 0.05) is 91.1 Å². The predicted octanol–water partition coefficient (Wildman–Crippen LogP) is 1.29. The molecule has 4 heterocycles. The van der Waals surface area contributed by atoms with Crippen LogP contribution in [0.1, 0.15) is 124 Å². The molecule has 8 amide bonds. The minimum Gasteiger partial charge on any atom is -0.506 e. The van der Waals surface area contributed by atoms with Crippen LogP contribution < -0.4 is 48.3 Å². The average Bonchev–Trinajstić information content (AvgIpc) is 3.50. The number of nitrogens with two attached hydrogens (primary N) is 1. The maximum atomic E-state index is 14.1. The van der Waals surface area contributed by atoms with Gasteiger partial charge in [0.2, 0.25) is 0 Å². The van der Waals surface area contributed by atoms with E-state index in [2.05, 4.69) is 42.5 Å². The number of nitrogens with one attached hydrogen (secondary N) is 8. The lowest BCUT2D eigenvalue weighted by Crippen LogP contribution is -2.51. The Kier molecular flexibility index (Phi) is 18.4. The lowest BCUT2D eigenvalue weighted by Gasteiger charge is -2.36. The van der Waals surface area contributed by atoms with Crippen molar-refractivity contribution in [1.29, 1.82) is 0 Å². The van der Waals surface area contributed by atoms with Gasteiger partial charge in [-0.15, -0.1) is 0 Å². The molecule has 23 heteroatoms. The van der Waals surface area contributed by atoms with E-state index in [-0.39, 0.29) is 136 Å². The zero-order valence-corrected chi connectivity index (χ0v) is 43.2. The van der Waals surface area contributed by atoms with Gasteiger partial charge >= 0.3 is 0 Å². The number of phenolic OH excluding ortho intramolecular Hbond substituents is 4. The molecule has 0 fully saturated rings. The Labute approximate surface area is 454 Å². The highest BCUT2D eigenvalue weighted by Crippen LogP contribution is 2.28. The summed E-state index contributed by atoms with van der Waals surface area (Å²) in [5.74, 6) is -8.29. The first-order valence-corrected chi connectivity index (χ1v) is 26.0. The molecule has 0 spiro atoms. The molecule has 4 aliphatic heterocycles. The fourth-order valence-electron chi connectivity index (χ4n) is 9.82. The molecular formula is C56H63N11O12. The minimum atomic E-state index is -0.790. The van der Waals surface area contributed by atoms with Crippen LogP contribution in [0.5, 0.6) is 23.0 Å². The van der Waals surface area contributed by atoms with Crippen LogP contribution in [0.4, 0.5) is 0 Å². The second-order valence-corrected chi connectivity index (χ2v) is 19.2. The van der Waals surface area contributed by atoms with Crippen LogP contribution >= 0.6 is 0 Å². The number of aromatic hydroxyl groups is 4. The minimum absolute atomic E-state index is 0.000866. The molecule has 23 nitrogen and oxygen atoms in total. The summed E-state index contributed by atoms with van der Waals surface area (Å²) in [6.07, 6.45) is 1.77. The number of para-hydroxylation sites is 4. The summed E-state index contributed by atoms with van der Waals surface area (Å²) in [6, 6.07) is 19.4. The van der Waals surface area contributed by atoms with Crippen LogP contribution in [0.3, 0.4) is 0 Å². The number of nitrogens with zero attached hydrogens (tertiary/aromatic N) is 2. The molecule has 5 aromatic carbocycles. The topological polar surface area (TPSA) is 346 Å². The lowest BCUT2D eigenvalue weighted by molar-refractivity contribution is 0.0885. The number of hydrogen-bond acceptors (Lipinski definition) is 15. The number of carbonyl (C=O) groups is 8. The highest BCUT2D eigenvalue weighted by Gasteiger charge is 2.28. The lowest BCUT2D eigenvalue weighted by atomic mass is 9.96. The van der Waals surface area contributed by atoms with Crippen molar-refractivity contribution in [2.24, 2.45) is 5.73 Å². The highest BCUT2D eigenvalue weighted by atomic mass is 16.3. The Morgan fingerprint density at radius 1 is 0.392 bits per heavy atom. The van der Waals surface area contributed by atoms with Gasteiger partial charge in [0.15, 0.2) is 0 Å². The van der Waals surface area contributed by atoms with Crippen LogP contribution in [0, 0.1) is 0 Å². The zero-order chi connectivity index (χ0) is 56.2. The number of phenols is 4. The van der Waals surface area contributed by atoms with Gasteiger partial charge in [-0.25, -0.2) is 0 Å². The largest absolute Gasteiger partial charge is 0.506 e. The first kappa shape index (κ1) is 56.2. The standard InChI is InChI=1S/C56H63N11O12/c57-16-2-1-7-36-31-66-21-17-58-49(72)37-8-3-12-41(45(37)68)53(76)62-27-32-25-33(28-63-54(77)42-13-4-9-38(46(42)69)50(73)59-18-22-66)35-26-34(32)29-64-55(78)43-14-5-10-39(47(43)70)51(74)60-19-23-67(36)24-20-61-52(75)40-11-6-15-44(48(40)71)56(79)65-30-35/h3-6,8-15,25-26,36,68-71H,1-2,7,16-24,27-31,57H2,(H,58,72)(H,59,73)(H,60,74)(H,61,75)(H,62,76)(H,63,77)(H,64,78)(H,65,79). The second-order valence-electron chi connectivity index (χ2n) is 19.2. The van der Waals surface area contributed by atoms with Crippen molar-refractivity contribution in [1.82, 2.24) is 52.3 Å². The summed E-state index contributed by atoms with van der Waals surface area (Å²) in [5.41, 5.74) is 5.60. The van der Waals surface area contributed by atoms with E-state index < -0.39 is 70.3 Å². The van der Waals surface area contributed by atoms with E-state index in [9.17, 15) is 58.8 Å². The van der Waals surface area contributed by atoms with Crippen LogP contribution in [0.25, 0.3) is 0 Å². The zero-order valence-electron chi connectivity index (χ0n) is 43.2. The van der Waals surface area contributed by atoms with Crippen molar-refractivity contribution < 1.29 is 58.8 Å². The van der Waals surface area contributed by atoms with Crippen LogP contribution in [-0.2, 0) is 26.2 Å². The highest BCUT2D eigenvalue weighted by molar-refractivity contribution is 6.06. The number of rotatable bonds is 4. The smallest absolute Gasteiger partial charge is 0.255 e. The van der Waals surface area contributed by atoms with Gasteiger partial charge in [0.05, 0.1) is 44.5 Å². The summed E-state index contributed by atoms with van der Waals surface area (Å²) >= 11 is 0. The molecule has 0 radical (unpaired) electrons. The molecule has 79 heavy (non-hydrogen) atoms. The average molecular weight is 1080 g/mol. The summed E-state index contributed by atoms with van der Waals surface area (Å²) in [5, 5.41) is 68.5. The maximum Gasteiger partial charge on any atom is 0.255 e. The van der Waals surface area contributed by atoms with Crippen LogP contribution in [0.15, 0.2) is 84.9 Å². The van der Waals surface area contributed by atoms with Gasteiger partial charge < -0.3 is 68.7 Å². The van der Waals surface area contributed by atoms with Gasteiger partial charge in [-0.05, 0) is 90.2 Å². The van der Waals surface area contributed by atoms with E-state index in [1.807, 2.05) is 9.80 Å². The number of carbonyl (C=O) groups excluding carboxylic acids is 8. The molecule has 5 aromatic rings. The molecule has 1 unspecified atom stereocenters. The molecule has 0 aromatic heterocycles. The van der Waals surface area contributed by atoms with E-state index in [0.717, 1.165) is 0 Å². The fraction of sp³-hybridized carbons (Fsp3) is 0.321. The Balaban J connectivity index is 1.33. The fourth-order valence-corrected chi connectivity index (χ4v) is 9.82. The summed E-state index contributed by atoms with van der Waals surface area (Å²) < 4.78 is 0. The van der Waals surface area contributed by atoms with Gasteiger partial charge in [-0.1, -0.05) is 42.8 Å². The molecule has 14 bridgehead atoms. The summed E-state index contributed by atoms with van der Waals surface area (Å²) in [7, 11) is 0. The van der Waals surface area contributed by atoms with E-state index in [1.165, 1.54) is 72.8 Å². The number of hydrogen-bond donors (Lipinski definition) is 13. The van der Waals surface area contributed by atoms with E-state index in [4.69, 9.17) is 5.73 Å². The van der Waals surface area contributed by atoms with E-state index >= 15 is 0 Å². The van der Waals surface area contributed by atoms with Gasteiger partial charge in [-0.3, -0.25) is 48.2 Å². The quantitative estimate of drug-likeness (QED) is 0.113. The first-order chi connectivity index (χ1) is 38.1. The monoisotopic (exact) mass is 1080 g/mol. The Morgan fingerprint density at radius 2 is 0.658 bits per heavy atom. The number of benzene rings is 5. The number of fused-ring (bicyclic) bond motifs is 21. The SMILES string of the molecule is NCCCCC1CN2CCNC(=O)c3cccc(c3O)C(=O)NCc3cc(c4cc3CNC(=O)c3cccc(c3O)C(=O)NCCN1CCNC(=O)c1cccc(c1O)C(=O)NC4)CNC(=O)c1cccc(c1O)C(=O)NCC2. The maximum absolute atomic E-state index is 14.1. The molecule has 14 N–H and O–H groups in total. The second kappa shape index (κ2) is 25.9. The Morgan fingerprint density at radius 3 is 0.937 bits per heavy atom. The molecule has 0 aliphatic carbocycles. The van der Waals surface area contributed by atoms with E-state index in [0.29, 0.717) is 48.1 Å². The van der Waals surface area contributed by atoms with Gasteiger partial charge in [0.25, 0.3) is 47.3 Å². The summed E-state index contributed by atoms with van der Waals surface area (Å²) in [6.45, 7) is 0.0915. The van der Waals surface area contributed by atoms with Crippen LogP contribution in [0.2, 0.25) is 0 Å². The third-order valence-corrected chi connectivity index (χ3v) is 14.2. The normalized spacial score (nSPS) is 19.3. The van der Waals surface area contributed by atoms with Gasteiger partial charge in [0.1, 0.15) is 23.0 Å². The molecule has 0 saturated heterocycles. The number of amides is 8. The molecule has 4 aliphatic rings. The molecule has 9 rings (SSSR count). The Bertz CT molecular complexity index is 2990. The van der Waals surface area contributed by atoms with Crippen molar-refractivity contribution in [3.05, 3.63) is 152 Å². The third kappa shape index (κ3) is 13.4. The summed E-state index contributed by atoms with van der Waals surface area (Å²) in [4.78, 5) is 116. The molecule has 1 atom stereocenters. The van der Waals surface area contributed by atoms with Crippen molar-refractivity contribution in [2.75, 3.05) is 65.4 Å². The van der Waals surface area contributed by atoms with Crippen molar-refractivity contribution >= 4 is 47.3 Å². The van der Waals surface area contributed by atoms with Crippen molar-refractivity contribution in [3.8, 4) is 23.0 Å². The molecule has 0 saturated carbocycles. The molecule has 414 valence electrons.